The zero-order valence-corrected chi connectivity index (χ0v) is 17.4. The van der Waals surface area contributed by atoms with Crippen molar-refractivity contribution in [1.29, 1.82) is 0 Å². The Morgan fingerprint density at radius 3 is 2.03 bits per heavy atom. The van der Waals surface area contributed by atoms with Gasteiger partial charge in [-0.15, -0.1) is 0 Å². The number of benzene rings is 5. The second-order valence-corrected chi connectivity index (χ2v) is 8.68. The zero-order valence-electron chi connectivity index (χ0n) is 16.6. The first-order chi connectivity index (χ1) is 15.3. The highest BCUT2D eigenvalue weighted by atomic mass is 35.5. The lowest BCUT2D eigenvalue weighted by Crippen LogP contribution is -2.32. The van der Waals surface area contributed by atoms with Crippen molar-refractivity contribution >= 4 is 22.4 Å². The first-order valence-corrected chi connectivity index (χ1v) is 10.9. The lowest BCUT2D eigenvalue weighted by atomic mass is 9.66. The molecule has 1 heterocycles. The minimum Gasteiger partial charge on any atom is -0.456 e. The topological polar surface area (TPSA) is 9.23 Å². The van der Waals surface area contributed by atoms with E-state index in [1.807, 2.05) is 12.1 Å². The Morgan fingerprint density at radius 1 is 0.581 bits per heavy atom. The quantitative estimate of drug-likeness (QED) is 0.243. The predicted molar refractivity (Wildman–Crippen MR) is 126 cm³/mol. The average Bonchev–Trinajstić information content (AvgIpc) is 3.11. The first-order valence-electron chi connectivity index (χ1n) is 10.5. The van der Waals surface area contributed by atoms with E-state index in [-0.39, 0.29) is 0 Å². The monoisotopic (exact) mass is 416 g/mol. The van der Waals surface area contributed by atoms with Crippen LogP contribution in [0.2, 0.25) is 5.02 Å². The van der Waals surface area contributed by atoms with Gasteiger partial charge in [0.1, 0.15) is 11.5 Å². The molecule has 7 rings (SSSR count). The second kappa shape index (κ2) is 6.00. The van der Waals surface area contributed by atoms with Gasteiger partial charge in [0.2, 0.25) is 0 Å². The lowest BCUT2D eigenvalue weighted by Gasteiger charge is -2.39. The molecule has 0 saturated carbocycles. The molecule has 2 heteroatoms. The molecule has 0 aromatic heterocycles. The van der Waals surface area contributed by atoms with Crippen LogP contribution in [0.4, 0.5) is 0 Å². The molecular weight excluding hydrogens is 400 g/mol. The maximum atomic E-state index is 6.60. The molecule has 1 aliphatic heterocycles. The lowest BCUT2D eigenvalue weighted by molar-refractivity contribution is 0.442. The Hall–Kier alpha value is -3.55. The third-order valence-electron chi connectivity index (χ3n) is 6.79. The molecule has 1 spiro atoms. The number of fused-ring (bicyclic) bond motifs is 11. The number of ether oxygens (including phenoxy) is 1. The molecule has 1 nitrogen and oxygen atoms in total. The van der Waals surface area contributed by atoms with Gasteiger partial charge in [-0.2, -0.15) is 0 Å². The SMILES string of the molecule is Clc1ccc2c(c1)C1(c3ccccc3-c3ccccc31)c1ccc3ccccc3c1O2. The maximum Gasteiger partial charge on any atom is 0.140 e. The summed E-state index contributed by atoms with van der Waals surface area (Å²) in [6.07, 6.45) is 0. The molecule has 0 bridgehead atoms. The Bertz CT molecular complexity index is 1490. The van der Waals surface area contributed by atoms with Crippen LogP contribution in [-0.4, -0.2) is 0 Å². The maximum absolute atomic E-state index is 6.60. The van der Waals surface area contributed by atoms with E-state index < -0.39 is 5.41 Å². The van der Waals surface area contributed by atoms with Gasteiger partial charge in [-0.25, -0.2) is 0 Å². The number of hydrogen-bond acceptors (Lipinski definition) is 1. The zero-order chi connectivity index (χ0) is 20.6. The Balaban J connectivity index is 1.73. The van der Waals surface area contributed by atoms with Crippen molar-refractivity contribution in [3.63, 3.8) is 0 Å². The van der Waals surface area contributed by atoms with Crippen LogP contribution >= 0.6 is 11.6 Å². The van der Waals surface area contributed by atoms with Crippen molar-refractivity contribution < 1.29 is 4.74 Å². The second-order valence-electron chi connectivity index (χ2n) is 8.25. The van der Waals surface area contributed by atoms with Crippen molar-refractivity contribution in [3.8, 4) is 22.6 Å². The summed E-state index contributed by atoms with van der Waals surface area (Å²) in [6, 6.07) is 36.3. The minimum absolute atomic E-state index is 0.467. The number of rotatable bonds is 0. The van der Waals surface area contributed by atoms with Crippen LogP contribution in [0.1, 0.15) is 22.3 Å². The molecule has 146 valence electrons. The van der Waals surface area contributed by atoms with Crippen molar-refractivity contribution in [2.24, 2.45) is 0 Å². The van der Waals surface area contributed by atoms with Crippen LogP contribution in [0.15, 0.2) is 103 Å². The third kappa shape index (κ3) is 2.07. The predicted octanol–water partition coefficient (Wildman–Crippen LogP) is 7.96. The first kappa shape index (κ1) is 17.2. The number of hydrogen-bond donors (Lipinski definition) is 0. The van der Waals surface area contributed by atoms with Crippen molar-refractivity contribution in [3.05, 3.63) is 130 Å². The molecule has 0 amide bonds. The van der Waals surface area contributed by atoms with E-state index in [0.29, 0.717) is 5.02 Å². The van der Waals surface area contributed by atoms with Crippen LogP contribution in [0.3, 0.4) is 0 Å². The molecule has 31 heavy (non-hydrogen) atoms. The molecule has 1 aliphatic carbocycles. The van der Waals surface area contributed by atoms with Crippen molar-refractivity contribution in [2.45, 2.75) is 5.41 Å². The standard InChI is InChI=1S/C29H17ClO/c30-19-14-16-27-26(17-19)29(25-15-13-18-7-1-2-8-20(18)28(25)31-27)23-11-5-3-9-21(23)22-10-4-6-12-24(22)29/h1-17H. The fraction of sp³-hybridized carbons (Fsp3) is 0.0345. The Kier molecular flexibility index (Phi) is 3.32. The fourth-order valence-corrected chi connectivity index (χ4v) is 5.78. The molecule has 0 atom stereocenters. The van der Waals surface area contributed by atoms with E-state index in [1.165, 1.54) is 33.2 Å². The van der Waals surface area contributed by atoms with Gasteiger partial charge in [0.15, 0.2) is 0 Å². The fourth-order valence-electron chi connectivity index (χ4n) is 5.60. The van der Waals surface area contributed by atoms with Crippen LogP contribution in [-0.2, 0) is 5.41 Å². The highest BCUT2D eigenvalue weighted by Gasteiger charge is 2.51. The van der Waals surface area contributed by atoms with Gasteiger partial charge in [-0.05, 0) is 45.8 Å². The van der Waals surface area contributed by atoms with Gasteiger partial charge >= 0.3 is 0 Å². The Labute approximate surface area is 185 Å². The van der Waals surface area contributed by atoms with E-state index >= 15 is 0 Å². The van der Waals surface area contributed by atoms with Crippen molar-refractivity contribution in [1.82, 2.24) is 0 Å². The molecular formula is C29H17ClO. The van der Waals surface area contributed by atoms with E-state index in [4.69, 9.17) is 16.3 Å². The third-order valence-corrected chi connectivity index (χ3v) is 7.03. The van der Waals surface area contributed by atoms with Crippen LogP contribution in [0, 0.1) is 0 Å². The van der Waals surface area contributed by atoms with E-state index in [9.17, 15) is 0 Å². The largest absolute Gasteiger partial charge is 0.456 e. The molecule has 0 radical (unpaired) electrons. The van der Waals surface area contributed by atoms with Gasteiger partial charge in [0.05, 0.1) is 5.41 Å². The van der Waals surface area contributed by atoms with Gasteiger partial charge < -0.3 is 4.74 Å². The summed E-state index contributed by atoms with van der Waals surface area (Å²) in [7, 11) is 0. The number of halogens is 1. The van der Waals surface area contributed by atoms with Gasteiger partial charge in [-0.3, -0.25) is 0 Å². The minimum atomic E-state index is -0.467. The molecule has 2 aliphatic rings. The van der Waals surface area contributed by atoms with E-state index in [2.05, 4.69) is 91.0 Å². The molecule has 0 N–H and O–H groups in total. The molecule has 0 unspecified atom stereocenters. The highest BCUT2D eigenvalue weighted by Crippen LogP contribution is 2.63. The van der Waals surface area contributed by atoms with Crippen LogP contribution in [0.25, 0.3) is 21.9 Å². The smallest absolute Gasteiger partial charge is 0.140 e. The summed E-state index contributed by atoms with van der Waals surface area (Å²) in [5.74, 6) is 1.79. The van der Waals surface area contributed by atoms with Crippen LogP contribution < -0.4 is 4.74 Å². The average molecular weight is 417 g/mol. The van der Waals surface area contributed by atoms with E-state index in [0.717, 1.165) is 22.4 Å². The summed E-state index contributed by atoms with van der Waals surface area (Å²) in [5.41, 5.74) is 6.89. The molecule has 5 aromatic carbocycles. The summed E-state index contributed by atoms with van der Waals surface area (Å²) < 4.78 is 6.60. The molecule has 0 fully saturated rings. The van der Waals surface area contributed by atoms with Gasteiger partial charge in [-0.1, -0.05) is 96.5 Å². The van der Waals surface area contributed by atoms with E-state index in [1.54, 1.807) is 0 Å². The van der Waals surface area contributed by atoms with Gasteiger partial charge in [0, 0.05) is 21.5 Å². The molecule has 0 saturated heterocycles. The summed E-state index contributed by atoms with van der Waals surface area (Å²) in [4.78, 5) is 0. The summed E-state index contributed by atoms with van der Waals surface area (Å²) in [6.45, 7) is 0. The summed E-state index contributed by atoms with van der Waals surface area (Å²) in [5, 5.41) is 3.02. The van der Waals surface area contributed by atoms with Crippen molar-refractivity contribution in [2.75, 3.05) is 0 Å². The normalized spacial score (nSPS) is 14.5. The van der Waals surface area contributed by atoms with Crippen LogP contribution in [0.5, 0.6) is 11.5 Å². The molecule has 5 aromatic rings. The summed E-state index contributed by atoms with van der Waals surface area (Å²) >= 11 is 6.56. The Morgan fingerprint density at radius 2 is 1.26 bits per heavy atom. The highest BCUT2D eigenvalue weighted by molar-refractivity contribution is 6.30. The van der Waals surface area contributed by atoms with Gasteiger partial charge in [0.25, 0.3) is 0 Å².